The third-order valence-corrected chi connectivity index (χ3v) is 2.92. The highest BCUT2D eigenvalue weighted by Crippen LogP contribution is 2.16. The van der Waals surface area contributed by atoms with Crippen molar-refractivity contribution in [3.63, 3.8) is 0 Å². The Morgan fingerprint density at radius 3 is 2.76 bits per heavy atom. The molecule has 1 atom stereocenters. The summed E-state index contributed by atoms with van der Waals surface area (Å²) in [5.74, 6) is 0. The molecule has 96 valence electrons. The van der Waals surface area contributed by atoms with Gasteiger partial charge < -0.3 is 15.7 Å². The van der Waals surface area contributed by atoms with Crippen LogP contribution in [0.5, 0.6) is 0 Å². The fourth-order valence-corrected chi connectivity index (χ4v) is 1.89. The molecule has 1 rings (SSSR count). The van der Waals surface area contributed by atoms with Gasteiger partial charge in [0.25, 0.3) is 0 Å². The van der Waals surface area contributed by atoms with Crippen LogP contribution in [0.1, 0.15) is 37.9 Å². The number of rotatable bonds is 7. The Morgan fingerprint density at radius 1 is 1.35 bits per heavy atom. The summed E-state index contributed by atoms with van der Waals surface area (Å²) in [7, 11) is 2.05. The summed E-state index contributed by atoms with van der Waals surface area (Å²) in [5, 5.41) is 10.1. The third kappa shape index (κ3) is 5.20. The molecule has 0 saturated heterocycles. The standard InChI is InChI=1S/C14H24N2O/c1-3-4-5-9-16(2)11-14(17)12-7-6-8-13(15)10-12/h6-8,10,14,17H,3-5,9,11,15H2,1-2H3. The van der Waals surface area contributed by atoms with E-state index in [1.54, 1.807) is 0 Å². The Balaban J connectivity index is 2.40. The molecular formula is C14H24N2O. The molecule has 0 bridgehead atoms. The highest BCUT2D eigenvalue weighted by molar-refractivity contribution is 5.41. The van der Waals surface area contributed by atoms with Gasteiger partial charge in [0.05, 0.1) is 6.10 Å². The van der Waals surface area contributed by atoms with Crippen LogP contribution >= 0.6 is 0 Å². The first-order valence-electron chi connectivity index (χ1n) is 6.35. The van der Waals surface area contributed by atoms with Crippen LogP contribution in [0.4, 0.5) is 5.69 Å². The van der Waals surface area contributed by atoms with E-state index in [1.165, 1.54) is 19.3 Å². The van der Waals surface area contributed by atoms with Crippen LogP contribution < -0.4 is 5.73 Å². The molecule has 1 aromatic carbocycles. The number of nitrogens with two attached hydrogens (primary N) is 1. The number of anilines is 1. The van der Waals surface area contributed by atoms with E-state index in [0.717, 1.165) is 12.1 Å². The summed E-state index contributed by atoms with van der Waals surface area (Å²) in [5.41, 5.74) is 7.30. The van der Waals surface area contributed by atoms with Crippen molar-refractivity contribution in [3.05, 3.63) is 29.8 Å². The number of hydrogen-bond acceptors (Lipinski definition) is 3. The summed E-state index contributed by atoms with van der Waals surface area (Å²) in [6, 6.07) is 7.47. The van der Waals surface area contributed by atoms with Crippen molar-refractivity contribution in [1.29, 1.82) is 0 Å². The Morgan fingerprint density at radius 2 is 2.12 bits per heavy atom. The van der Waals surface area contributed by atoms with Crippen LogP contribution in [0.3, 0.4) is 0 Å². The SMILES string of the molecule is CCCCCN(C)CC(O)c1cccc(N)c1. The number of likely N-dealkylation sites (N-methyl/N-ethyl adjacent to an activating group) is 1. The number of nitrogens with zero attached hydrogens (tertiary/aromatic N) is 1. The summed E-state index contributed by atoms with van der Waals surface area (Å²) < 4.78 is 0. The fraction of sp³-hybridized carbons (Fsp3) is 0.571. The third-order valence-electron chi connectivity index (χ3n) is 2.92. The molecule has 0 spiro atoms. The Kier molecular flexibility index (Phi) is 6.01. The maximum atomic E-state index is 10.1. The number of hydrogen-bond donors (Lipinski definition) is 2. The van der Waals surface area contributed by atoms with Crippen LogP contribution in [0.15, 0.2) is 24.3 Å². The second-order valence-corrected chi connectivity index (χ2v) is 4.66. The summed E-state index contributed by atoms with van der Waals surface area (Å²) in [6.45, 7) is 3.89. The molecule has 0 saturated carbocycles. The molecule has 0 aromatic heterocycles. The molecule has 3 N–H and O–H groups in total. The van der Waals surface area contributed by atoms with Gasteiger partial charge in [0.15, 0.2) is 0 Å². The van der Waals surface area contributed by atoms with E-state index in [2.05, 4.69) is 11.8 Å². The van der Waals surface area contributed by atoms with Gasteiger partial charge in [-0.2, -0.15) is 0 Å². The lowest BCUT2D eigenvalue weighted by Gasteiger charge is -2.20. The number of unbranched alkanes of at least 4 members (excludes halogenated alkanes) is 2. The van der Waals surface area contributed by atoms with Crippen LogP contribution in [0.25, 0.3) is 0 Å². The van der Waals surface area contributed by atoms with Crippen molar-refractivity contribution in [1.82, 2.24) is 4.90 Å². The number of aliphatic hydroxyl groups excluding tert-OH is 1. The predicted octanol–water partition coefficient (Wildman–Crippen LogP) is 2.42. The normalized spacial score (nSPS) is 12.9. The highest BCUT2D eigenvalue weighted by Gasteiger charge is 2.10. The lowest BCUT2D eigenvalue weighted by atomic mass is 10.1. The second kappa shape index (κ2) is 7.30. The zero-order chi connectivity index (χ0) is 12.7. The molecule has 0 aliphatic carbocycles. The zero-order valence-electron chi connectivity index (χ0n) is 10.9. The van der Waals surface area contributed by atoms with Crippen molar-refractivity contribution in [2.24, 2.45) is 0 Å². The van der Waals surface area contributed by atoms with E-state index in [9.17, 15) is 5.11 Å². The van der Waals surface area contributed by atoms with Gasteiger partial charge >= 0.3 is 0 Å². The van der Waals surface area contributed by atoms with Gasteiger partial charge in [0, 0.05) is 12.2 Å². The molecule has 0 aliphatic heterocycles. The zero-order valence-corrected chi connectivity index (χ0v) is 10.9. The number of aliphatic hydroxyl groups is 1. The van der Waals surface area contributed by atoms with Crippen molar-refractivity contribution >= 4 is 5.69 Å². The van der Waals surface area contributed by atoms with Crippen molar-refractivity contribution < 1.29 is 5.11 Å². The first-order chi connectivity index (χ1) is 8.13. The fourth-order valence-electron chi connectivity index (χ4n) is 1.89. The number of nitrogen functional groups attached to an aromatic ring is 1. The van der Waals surface area contributed by atoms with Gasteiger partial charge in [-0.25, -0.2) is 0 Å². The number of benzene rings is 1. The quantitative estimate of drug-likeness (QED) is 0.564. The molecule has 0 radical (unpaired) electrons. The predicted molar refractivity (Wildman–Crippen MR) is 72.8 cm³/mol. The lowest BCUT2D eigenvalue weighted by Crippen LogP contribution is -2.25. The molecule has 17 heavy (non-hydrogen) atoms. The second-order valence-electron chi connectivity index (χ2n) is 4.66. The van der Waals surface area contributed by atoms with Gasteiger partial charge in [-0.15, -0.1) is 0 Å². The molecular weight excluding hydrogens is 212 g/mol. The average molecular weight is 236 g/mol. The lowest BCUT2D eigenvalue weighted by molar-refractivity contribution is 0.126. The molecule has 1 aromatic rings. The first-order valence-corrected chi connectivity index (χ1v) is 6.35. The Hall–Kier alpha value is -1.06. The largest absolute Gasteiger partial charge is 0.399 e. The van der Waals surface area contributed by atoms with E-state index in [4.69, 9.17) is 5.73 Å². The Labute approximate surface area is 104 Å². The first kappa shape index (κ1) is 14.0. The van der Waals surface area contributed by atoms with Crippen molar-refractivity contribution in [2.45, 2.75) is 32.3 Å². The van der Waals surface area contributed by atoms with E-state index in [0.29, 0.717) is 12.2 Å². The molecule has 3 nitrogen and oxygen atoms in total. The monoisotopic (exact) mass is 236 g/mol. The van der Waals surface area contributed by atoms with Crippen LogP contribution in [0, 0.1) is 0 Å². The minimum absolute atomic E-state index is 0.454. The maximum Gasteiger partial charge on any atom is 0.0917 e. The molecule has 0 heterocycles. The summed E-state index contributed by atoms with van der Waals surface area (Å²) in [4.78, 5) is 2.17. The van der Waals surface area contributed by atoms with Crippen molar-refractivity contribution in [2.75, 3.05) is 25.9 Å². The van der Waals surface area contributed by atoms with Crippen LogP contribution in [0.2, 0.25) is 0 Å². The molecule has 0 fully saturated rings. The van der Waals surface area contributed by atoms with Gasteiger partial charge in [-0.05, 0) is 37.7 Å². The molecule has 0 aliphatic rings. The average Bonchev–Trinajstić information content (AvgIpc) is 2.29. The van der Waals surface area contributed by atoms with Gasteiger partial charge in [-0.1, -0.05) is 31.9 Å². The van der Waals surface area contributed by atoms with Crippen LogP contribution in [-0.4, -0.2) is 30.1 Å². The van der Waals surface area contributed by atoms with E-state index < -0.39 is 6.10 Å². The minimum Gasteiger partial charge on any atom is -0.399 e. The van der Waals surface area contributed by atoms with E-state index >= 15 is 0 Å². The smallest absolute Gasteiger partial charge is 0.0917 e. The molecule has 0 amide bonds. The van der Waals surface area contributed by atoms with Crippen molar-refractivity contribution in [3.8, 4) is 0 Å². The van der Waals surface area contributed by atoms with Gasteiger partial charge in [-0.3, -0.25) is 0 Å². The van der Waals surface area contributed by atoms with E-state index in [1.807, 2.05) is 31.3 Å². The van der Waals surface area contributed by atoms with Gasteiger partial charge in [0.2, 0.25) is 0 Å². The molecule has 3 heteroatoms. The van der Waals surface area contributed by atoms with E-state index in [-0.39, 0.29) is 0 Å². The summed E-state index contributed by atoms with van der Waals surface area (Å²) >= 11 is 0. The minimum atomic E-state index is -0.454. The summed E-state index contributed by atoms with van der Waals surface area (Å²) in [6.07, 6.45) is 3.21. The topological polar surface area (TPSA) is 49.5 Å². The Bertz CT molecular complexity index is 328. The highest BCUT2D eigenvalue weighted by atomic mass is 16.3. The van der Waals surface area contributed by atoms with Gasteiger partial charge in [0.1, 0.15) is 0 Å². The van der Waals surface area contributed by atoms with Crippen LogP contribution in [-0.2, 0) is 0 Å². The molecule has 1 unspecified atom stereocenters. The maximum absolute atomic E-state index is 10.1.